The van der Waals surface area contributed by atoms with Crippen LogP contribution in [0.3, 0.4) is 0 Å². The van der Waals surface area contributed by atoms with Crippen LogP contribution < -0.4 is 19.1 Å². The van der Waals surface area contributed by atoms with Gasteiger partial charge in [0.05, 0.1) is 30.4 Å². The van der Waals surface area contributed by atoms with E-state index < -0.39 is 0 Å². The third-order valence-electron chi connectivity index (χ3n) is 5.75. The van der Waals surface area contributed by atoms with Crippen LogP contribution in [0.1, 0.15) is 41.8 Å². The number of ether oxygens (including phenoxy) is 3. The molecule has 0 saturated carbocycles. The van der Waals surface area contributed by atoms with Gasteiger partial charge in [-0.25, -0.2) is 4.98 Å². The summed E-state index contributed by atoms with van der Waals surface area (Å²) in [5.74, 6) is 5.13. The number of aryl methyl sites for hydroxylation is 2. The van der Waals surface area contributed by atoms with Crippen molar-refractivity contribution in [2.75, 3.05) is 25.3 Å². The Kier molecular flexibility index (Phi) is 8.59. The molecule has 3 aromatic rings. The summed E-state index contributed by atoms with van der Waals surface area (Å²) in [6, 6.07) is 10.0. The summed E-state index contributed by atoms with van der Waals surface area (Å²) in [5.41, 5.74) is 3.90. The number of thiazole rings is 1. The Morgan fingerprint density at radius 2 is 2.00 bits per heavy atom. The van der Waals surface area contributed by atoms with E-state index >= 15 is 0 Å². The topological polar surface area (TPSA) is 43.8 Å². The minimum absolute atomic E-state index is 0. The van der Waals surface area contributed by atoms with Crippen LogP contribution in [0.25, 0.3) is 11.3 Å². The van der Waals surface area contributed by atoms with Crippen molar-refractivity contribution in [2.45, 2.75) is 39.7 Å². The van der Waals surface area contributed by atoms with E-state index in [1.54, 1.807) is 18.4 Å². The van der Waals surface area contributed by atoms with Crippen LogP contribution in [-0.4, -0.2) is 25.4 Å². The summed E-state index contributed by atoms with van der Waals surface area (Å²) in [6.07, 6.45) is 7.74. The second-order valence-corrected chi connectivity index (χ2v) is 9.54. The molecule has 0 aliphatic carbocycles. The van der Waals surface area contributed by atoms with Gasteiger partial charge in [-0.15, -0.1) is 30.2 Å². The van der Waals surface area contributed by atoms with Crippen molar-refractivity contribution in [2.24, 2.45) is 0 Å². The third kappa shape index (κ3) is 5.07. The number of hydrogen-bond acceptors (Lipinski definition) is 6. The number of rotatable bonds is 8. The van der Waals surface area contributed by atoms with Crippen LogP contribution in [0.2, 0.25) is 5.02 Å². The minimum atomic E-state index is 0. The molecule has 1 aliphatic heterocycles. The fourth-order valence-corrected chi connectivity index (χ4v) is 5.34. The van der Waals surface area contributed by atoms with E-state index in [2.05, 4.69) is 36.8 Å². The lowest BCUT2D eigenvalue weighted by Crippen LogP contribution is -2.29. The first kappa shape index (κ1) is 26.0. The zero-order valence-corrected chi connectivity index (χ0v) is 22.1. The molecule has 0 unspecified atom stereocenters. The van der Waals surface area contributed by atoms with Crippen LogP contribution in [0.4, 0.5) is 5.13 Å². The van der Waals surface area contributed by atoms with Gasteiger partial charge in [-0.2, -0.15) is 0 Å². The Bertz CT molecular complexity index is 1210. The van der Waals surface area contributed by atoms with Gasteiger partial charge in [0, 0.05) is 10.4 Å². The Morgan fingerprint density at radius 3 is 2.71 bits per heavy atom. The fourth-order valence-electron chi connectivity index (χ4n) is 4.13. The number of benzene rings is 2. The average molecular weight is 519 g/mol. The summed E-state index contributed by atoms with van der Waals surface area (Å²) < 4.78 is 16.5. The maximum atomic E-state index is 6.61. The van der Waals surface area contributed by atoms with Crippen LogP contribution in [0.5, 0.6) is 17.2 Å². The van der Waals surface area contributed by atoms with E-state index in [-0.39, 0.29) is 25.2 Å². The molecule has 1 aliphatic rings. The van der Waals surface area contributed by atoms with Crippen molar-refractivity contribution < 1.29 is 14.2 Å². The average Bonchev–Trinajstić information content (AvgIpc) is 3.43. The predicted molar refractivity (Wildman–Crippen MR) is 142 cm³/mol. The molecule has 2 heterocycles. The lowest BCUT2D eigenvalue weighted by Gasteiger charge is -2.30. The molecule has 1 aromatic heterocycles. The fraction of sp³-hybridized carbons (Fsp3) is 0.346. The molecular formula is C26H28Cl2N2O3S. The first-order valence-electron chi connectivity index (χ1n) is 10.9. The Morgan fingerprint density at radius 1 is 1.24 bits per heavy atom. The van der Waals surface area contributed by atoms with E-state index in [0.717, 1.165) is 62.5 Å². The monoisotopic (exact) mass is 518 g/mol. The zero-order chi connectivity index (χ0) is 23.5. The molecule has 0 spiro atoms. The summed E-state index contributed by atoms with van der Waals surface area (Å²) in [4.78, 5) is 8.31. The van der Waals surface area contributed by atoms with Gasteiger partial charge in [0.15, 0.2) is 16.6 Å². The number of aromatic nitrogens is 1. The molecule has 8 heteroatoms. The van der Waals surface area contributed by atoms with Gasteiger partial charge in [0.25, 0.3) is 0 Å². The van der Waals surface area contributed by atoms with Gasteiger partial charge in [0.2, 0.25) is 6.79 Å². The summed E-state index contributed by atoms with van der Waals surface area (Å²) >= 11 is 8.24. The molecule has 34 heavy (non-hydrogen) atoms. The normalized spacial score (nSPS) is 12.6. The number of hydrogen-bond donors (Lipinski definition) is 0. The Labute approximate surface area is 216 Å². The SMILES string of the molecule is C#CCN(c1nc(-c2cc(C)c(OC)cc2Cl)c(C)s1)[C@@H](CCC)c1ccc2c(c1)OCO2.Cl. The first-order valence-corrected chi connectivity index (χ1v) is 12.1. The van der Waals surface area contributed by atoms with E-state index in [0.29, 0.717) is 11.6 Å². The predicted octanol–water partition coefficient (Wildman–Crippen LogP) is 7.22. The largest absolute Gasteiger partial charge is 0.496 e. The van der Waals surface area contributed by atoms with Crippen molar-refractivity contribution in [1.29, 1.82) is 0 Å². The van der Waals surface area contributed by atoms with Crippen molar-refractivity contribution in [3.05, 3.63) is 51.4 Å². The summed E-state index contributed by atoms with van der Waals surface area (Å²) in [7, 11) is 1.65. The van der Waals surface area contributed by atoms with Gasteiger partial charge in [-0.1, -0.05) is 36.9 Å². The van der Waals surface area contributed by atoms with Crippen LogP contribution in [-0.2, 0) is 0 Å². The molecule has 0 N–H and O–H groups in total. The summed E-state index contributed by atoms with van der Waals surface area (Å²) in [5, 5.41) is 1.49. The molecule has 0 fully saturated rings. The molecule has 0 amide bonds. The third-order valence-corrected chi connectivity index (χ3v) is 7.07. The molecular weight excluding hydrogens is 491 g/mol. The van der Waals surface area contributed by atoms with Crippen molar-refractivity contribution in [1.82, 2.24) is 4.98 Å². The highest BCUT2D eigenvalue weighted by atomic mass is 35.5. The number of halogens is 2. The highest BCUT2D eigenvalue weighted by molar-refractivity contribution is 7.16. The molecule has 2 aromatic carbocycles. The number of terminal acetylenes is 1. The van der Waals surface area contributed by atoms with E-state index in [1.807, 2.05) is 25.1 Å². The van der Waals surface area contributed by atoms with Crippen LogP contribution >= 0.6 is 35.3 Å². The van der Waals surface area contributed by atoms with E-state index in [4.69, 9.17) is 37.2 Å². The second-order valence-electron chi connectivity index (χ2n) is 7.95. The van der Waals surface area contributed by atoms with E-state index in [1.165, 1.54) is 0 Å². The first-order chi connectivity index (χ1) is 16.0. The van der Waals surface area contributed by atoms with Gasteiger partial charge >= 0.3 is 0 Å². The molecule has 0 radical (unpaired) electrons. The summed E-state index contributed by atoms with van der Waals surface area (Å²) in [6.45, 7) is 6.94. The zero-order valence-electron chi connectivity index (χ0n) is 19.7. The molecule has 180 valence electrons. The van der Waals surface area contributed by atoms with Gasteiger partial charge < -0.3 is 19.1 Å². The van der Waals surface area contributed by atoms with Gasteiger partial charge in [-0.05, 0) is 55.7 Å². The van der Waals surface area contributed by atoms with Crippen LogP contribution in [0.15, 0.2) is 30.3 Å². The Hall–Kier alpha value is -2.59. The van der Waals surface area contributed by atoms with Crippen molar-refractivity contribution >= 4 is 40.5 Å². The van der Waals surface area contributed by atoms with E-state index in [9.17, 15) is 0 Å². The highest BCUT2D eigenvalue weighted by Gasteiger charge is 2.26. The molecule has 0 bridgehead atoms. The number of nitrogens with zero attached hydrogens (tertiary/aromatic N) is 2. The maximum absolute atomic E-state index is 6.61. The molecule has 4 rings (SSSR count). The maximum Gasteiger partial charge on any atom is 0.231 e. The van der Waals surface area contributed by atoms with Crippen molar-refractivity contribution in [3.8, 4) is 40.8 Å². The second kappa shape index (κ2) is 11.2. The lowest BCUT2D eigenvalue weighted by molar-refractivity contribution is 0.174. The Balaban J connectivity index is 0.00000324. The number of methoxy groups -OCH3 is 1. The number of fused-ring (bicyclic) bond motifs is 1. The van der Waals surface area contributed by atoms with Gasteiger partial charge in [-0.3, -0.25) is 0 Å². The number of anilines is 1. The minimum Gasteiger partial charge on any atom is -0.496 e. The lowest BCUT2D eigenvalue weighted by atomic mass is 10.00. The molecule has 5 nitrogen and oxygen atoms in total. The molecule has 0 saturated heterocycles. The van der Waals surface area contributed by atoms with Crippen LogP contribution in [0, 0.1) is 26.2 Å². The van der Waals surface area contributed by atoms with Gasteiger partial charge in [0.1, 0.15) is 5.75 Å². The quantitative estimate of drug-likeness (QED) is 0.294. The molecule has 1 atom stereocenters. The standard InChI is InChI=1S/C26H27ClN2O3S.ClH/c1-6-8-21(18-9-10-22-24(13-18)32-15-31-22)29(11-7-2)26-28-25(17(4)33-26)19-12-16(3)23(30-5)14-20(19)27;/h2,9-10,12-14,21H,6,8,11,15H2,1,3-5H3;1H/t21-;/m0./s1. The smallest absolute Gasteiger partial charge is 0.231 e. The van der Waals surface area contributed by atoms with Crippen molar-refractivity contribution in [3.63, 3.8) is 0 Å². The highest BCUT2D eigenvalue weighted by Crippen LogP contribution is 2.42.